The lowest BCUT2D eigenvalue weighted by Crippen LogP contribution is -2.30. The number of ether oxygens (including phenoxy) is 1. The summed E-state index contributed by atoms with van der Waals surface area (Å²) in [7, 11) is -3.64. The molecular formula is C4H5NO5S. The fraction of sp³-hybridized carbons (Fsp3) is 0.500. The van der Waals surface area contributed by atoms with E-state index in [0.717, 1.165) is 6.26 Å². The van der Waals surface area contributed by atoms with Gasteiger partial charge < -0.3 is 4.74 Å². The highest BCUT2D eigenvalue weighted by molar-refractivity contribution is 7.91. The molecule has 2 amide bonds. The number of rotatable bonds is 1. The molecule has 0 bridgehead atoms. The largest absolute Gasteiger partial charge is 0.419 e. The highest BCUT2D eigenvalue weighted by Crippen LogP contribution is 2.07. The molecule has 1 fully saturated rings. The molecule has 0 aromatic carbocycles. The van der Waals surface area contributed by atoms with Crippen molar-refractivity contribution in [3.63, 3.8) is 0 Å². The van der Waals surface area contributed by atoms with Crippen molar-refractivity contribution in [2.45, 2.75) is 5.44 Å². The number of carbonyl (C=O) groups is 2. The van der Waals surface area contributed by atoms with Gasteiger partial charge in [-0.2, -0.15) is 0 Å². The van der Waals surface area contributed by atoms with Crippen molar-refractivity contribution in [2.75, 3.05) is 6.26 Å². The number of hydrogen-bond donors (Lipinski definition) is 1. The minimum atomic E-state index is -3.64. The zero-order valence-corrected chi connectivity index (χ0v) is 6.34. The van der Waals surface area contributed by atoms with Crippen LogP contribution in [0.4, 0.5) is 4.79 Å². The van der Waals surface area contributed by atoms with E-state index in [9.17, 15) is 18.0 Å². The Morgan fingerprint density at radius 3 is 2.18 bits per heavy atom. The van der Waals surface area contributed by atoms with Crippen LogP contribution < -0.4 is 5.32 Å². The number of cyclic esters (lactones) is 1. The van der Waals surface area contributed by atoms with Gasteiger partial charge in [0.25, 0.3) is 11.3 Å². The molecule has 0 aliphatic carbocycles. The van der Waals surface area contributed by atoms with E-state index in [0.29, 0.717) is 0 Å². The molecule has 0 spiro atoms. The number of carbonyl (C=O) groups excluding carboxylic acids is 2. The Balaban J connectivity index is 2.94. The van der Waals surface area contributed by atoms with Crippen molar-refractivity contribution in [3.8, 4) is 0 Å². The second kappa shape index (κ2) is 2.19. The molecule has 62 valence electrons. The van der Waals surface area contributed by atoms with Crippen LogP contribution in [0.3, 0.4) is 0 Å². The van der Waals surface area contributed by atoms with Gasteiger partial charge in [0, 0.05) is 6.26 Å². The first kappa shape index (κ1) is 7.99. The summed E-state index contributed by atoms with van der Waals surface area (Å²) in [5.41, 5.74) is -1.67. The summed E-state index contributed by atoms with van der Waals surface area (Å²) in [5, 5.41) is 1.69. The highest BCUT2D eigenvalue weighted by Gasteiger charge is 2.39. The van der Waals surface area contributed by atoms with Crippen molar-refractivity contribution in [1.29, 1.82) is 0 Å². The fourth-order valence-corrected chi connectivity index (χ4v) is 1.33. The zero-order chi connectivity index (χ0) is 8.65. The maximum atomic E-state index is 10.7. The molecule has 1 rings (SSSR count). The summed E-state index contributed by atoms with van der Waals surface area (Å²) in [6.07, 6.45) is -0.207. The van der Waals surface area contributed by atoms with Crippen molar-refractivity contribution >= 4 is 21.8 Å². The normalized spacial score (nSPS) is 24.6. The van der Waals surface area contributed by atoms with Crippen LogP contribution in [0.1, 0.15) is 0 Å². The first-order valence-corrected chi connectivity index (χ1v) is 4.57. The fourth-order valence-electron chi connectivity index (χ4n) is 0.622. The standard InChI is InChI=1S/C4H5NO5S/c1-11(8,9)3-2(6)5-4(7)10-3/h3H,1H3,(H,5,6,7). The third kappa shape index (κ3) is 1.48. The molecule has 6 nitrogen and oxygen atoms in total. The van der Waals surface area contributed by atoms with Gasteiger partial charge in [0.05, 0.1) is 0 Å². The Bertz CT molecular complexity index is 304. The molecule has 0 radical (unpaired) electrons. The minimum Gasteiger partial charge on any atom is -0.419 e. The summed E-state index contributed by atoms with van der Waals surface area (Å²) in [6, 6.07) is 0. The van der Waals surface area contributed by atoms with E-state index < -0.39 is 27.3 Å². The van der Waals surface area contributed by atoms with Gasteiger partial charge in [-0.25, -0.2) is 13.2 Å². The molecule has 1 aliphatic rings. The summed E-state index contributed by atoms with van der Waals surface area (Å²) < 4.78 is 25.5. The Hall–Kier alpha value is -1.11. The van der Waals surface area contributed by atoms with Gasteiger partial charge in [-0.1, -0.05) is 0 Å². The molecule has 1 N–H and O–H groups in total. The SMILES string of the molecule is CS(=O)(=O)C1OC(=O)NC1=O. The smallest absolute Gasteiger partial charge is 0.415 e. The average Bonchev–Trinajstić information content (AvgIpc) is 2.08. The number of hydrogen-bond acceptors (Lipinski definition) is 5. The Morgan fingerprint density at radius 1 is 1.45 bits per heavy atom. The minimum absolute atomic E-state index is 0.815. The maximum Gasteiger partial charge on any atom is 0.415 e. The highest BCUT2D eigenvalue weighted by atomic mass is 32.2. The second-order valence-electron chi connectivity index (χ2n) is 2.06. The van der Waals surface area contributed by atoms with Gasteiger partial charge in [-0.05, 0) is 0 Å². The topological polar surface area (TPSA) is 89.5 Å². The molecule has 1 unspecified atom stereocenters. The number of sulfone groups is 1. The van der Waals surface area contributed by atoms with Crippen molar-refractivity contribution in [3.05, 3.63) is 0 Å². The number of alkyl carbamates (subject to hydrolysis) is 1. The third-order valence-electron chi connectivity index (χ3n) is 1.04. The molecule has 1 heterocycles. The third-order valence-corrected chi connectivity index (χ3v) is 2.13. The molecule has 11 heavy (non-hydrogen) atoms. The van der Waals surface area contributed by atoms with Gasteiger partial charge >= 0.3 is 6.09 Å². The Kier molecular flexibility index (Phi) is 1.59. The predicted octanol–water partition coefficient (Wildman–Crippen LogP) is -1.38. The summed E-state index contributed by atoms with van der Waals surface area (Å²) in [5.74, 6) is -0.933. The molecule has 0 aromatic rings. The summed E-state index contributed by atoms with van der Waals surface area (Å²) in [4.78, 5) is 20.9. The number of amides is 2. The van der Waals surface area contributed by atoms with E-state index in [1.807, 2.05) is 0 Å². The van der Waals surface area contributed by atoms with E-state index in [1.54, 1.807) is 5.32 Å². The second-order valence-corrected chi connectivity index (χ2v) is 4.14. The van der Waals surface area contributed by atoms with Crippen LogP contribution in [0.15, 0.2) is 0 Å². The first-order valence-electron chi connectivity index (χ1n) is 2.61. The Labute approximate surface area is 62.4 Å². The van der Waals surface area contributed by atoms with Crippen LogP contribution in [-0.2, 0) is 19.4 Å². The zero-order valence-electron chi connectivity index (χ0n) is 5.53. The van der Waals surface area contributed by atoms with E-state index in [4.69, 9.17) is 0 Å². The summed E-state index contributed by atoms with van der Waals surface area (Å²) in [6.45, 7) is 0. The van der Waals surface area contributed by atoms with Gasteiger partial charge in [0.15, 0.2) is 9.84 Å². The van der Waals surface area contributed by atoms with Crippen LogP contribution >= 0.6 is 0 Å². The van der Waals surface area contributed by atoms with Gasteiger partial charge in [-0.3, -0.25) is 10.1 Å². The quantitative estimate of drug-likeness (QED) is 0.536. The predicted molar refractivity (Wildman–Crippen MR) is 33.3 cm³/mol. The maximum absolute atomic E-state index is 10.7. The van der Waals surface area contributed by atoms with E-state index in [-0.39, 0.29) is 0 Å². The van der Waals surface area contributed by atoms with E-state index >= 15 is 0 Å². The molecule has 1 saturated heterocycles. The molecule has 1 atom stereocenters. The Morgan fingerprint density at radius 2 is 2.00 bits per heavy atom. The lowest BCUT2D eigenvalue weighted by atomic mass is 10.7. The molecule has 0 aromatic heterocycles. The van der Waals surface area contributed by atoms with E-state index in [1.165, 1.54) is 0 Å². The molecule has 1 aliphatic heterocycles. The van der Waals surface area contributed by atoms with Crippen LogP contribution in [0.2, 0.25) is 0 Å². The lowest BCUT2D eigenvalue weighted by molar-refractivity contribution is -0.120. The van der Waals surface area contributed by atoms with Crippen LogP contribution in [-0.4, -0.2) is 32.1 Å². The molecule has 0 saturated carbocycles. The monoisotopic (exact) mass is 179 g/mol. The van der Waals surface area contributed by atoms with Gasteiger partial charge in [0.2, 0.25) is 0 Å². The van der Waals surface area contributed by atoms with Gasteiger partial charge in [0.1, 0.15) is 0 Å². The number of imide groups is 1. The van der Waals surface area contributed by atoms with Crippen molar-refractivity contribution in [2.24, 2.45) is 0 Å². The molecular weight excluding hydrogens is 174 g/mol. The molecule has 7 heteroatoms. The summed E-state index contributed by atoms with van der Waals surface area (Å²) >= 11 is 0. The number of nitrogens with one attached hydrogen (secondary N) is 1. The van der Waals surface area contributed by atoms with Crippen LogP contribution in [0.25, 0.3) is 0 Å². The van der Waals surface area contributed by atoms with Gasteiger partial charge in [-0.15, -0.1) is 0 Å². The van der Waals surface area contributed by atoms with Crippen LogP contribution in [0, 0.1) is 0 Å². The van der Waals surface area contributed by atoms with Crippen LogP contribution in [0.5, 0.6) is 0 Å². The average molecular weight is 179 g/mol. The van der Waals surface area contributed by atoms with Crippen molar-refractivity contribution < 1.29 is 22.7 Å². The first-order chi connectivity index (χ1) is 4.91. The van der Waals surface area contributed by atoms with Crippen molar-refractivity contribution in [1.82, 2.24) is 5.32 Å². The lowest BCUT2D eigenvalue weighted by Gasteiger charge is -2.00. The van der Waals surface area contributed by atoms with E-state index in [2.05, 4.69) is 4.74 Å².